The zero-order chi connectivity index (χ0) is 12.6. The van der Waals surface area contributed by atoms with Gasteiger partial charge in [0.2, 0.25) is 0 Å². The van der Waals surface area contributed by atoms with Gasteiger partial charge < -0.3 is 15.8 Å². The van der Waals surface area contributed by atoms with E-state index in [0.29, 0.717) is 5.69 Å². The van der Waals surface area contributed by atoms with Crippen molar-refractivity contribution in [2.75, 3.05) is 24.3 Å². The van der Waals surface area contributed by atoms with E-state index < -0.39 is 0 Å². The van der Waals surface area contributed by atoms with Crippen molar-refractivity contribution < 1.29 is 4.74 Å². The van der Waals surface area contributed by atoms with Gasteiger partial charge in [0.15, 0.2) is 0 Å². The number of nitrogens with zero attached hydrogens (tertiary/aromatic N) is 1. The minimum absolute atomic E-state index is 0.00110. The van der Waals surface area contributed by atoms with Crippen molar-refractivity contribution in [3.05, 3.63) is 30.5 Å². The van der Waals surface area contributed by atoms with Gasteiger partial charge in [-0.05, 0) is 37.6 Å². The van der Waals surface area contributed by atoms with E-state index in [1.807, 2.05) is 24.3 Å². The summed E-state index contributed by atoms with van der Waals surface area (Å²) in [6.07, 6.45) is 2.78. The van der Waals surface area contributed by atoms with Crippen LogP contribution < -0.4 is 11.1 Å². The second-order valence-corrected chi connectivity index (χ2v) is 5.09. The van der Waals surface area contributed by atoms with Crippen LogP contribution in [0.2, 0.25) is 0 Å². The number of aromatic nitrogens is 1. The first-order chi connectivity index (χ1) is 8.68. The predicted molar refractivity (Wildman–Crippen MR) is 73.6 cm³/mol. The molecular formula is C14H17N3O. The minimum Gasteiger partial charge on any atom is -0.397 e. The molecule has 0 amide bonds. The summed E-state index contributed by atoms with van der Waals surface area (Å²) < 4.78 is 5.47. The van der Waals surface area contributed by atoms with Gasteiger partial charge >= 0.3 is 0 Å². The zero-order valence-corrected chi connectivity index (χ0v) is 10.4. The molecule has 1 aliphatic heterocycles. The molecule has 0 aliphatic carbocycles. The van der Waals surface area contributed by atoms with Gasteiger partial charge in [-0.25, -0.2) is 0 Å². The van der Waals surface area contributed by atoms with E-state index in [1.54, 1.807) is 6.20 Å². The normalized spacial score (nSPS) is 23.4. The SMILES string of the molecule is CC1(Nc2ccc(N)c3ncccc23)CCOC1. The van der Waals surface area contributed by atoms with Crippen LogP contribution in [0.5, 0.6) is 0 Å². The largest absolute Gasteiger partial charge is 0.397 e. The van der Waals surface area contributed by atoms with E-state index in [9.17, 15) is 0 Å². The third-order valence-corrected chi connectivity index (χ3v) is 3.46. The highest BCUT2D eigenvalue weighted by atomic mass is 16.5. The standard InChI is InChI=1S/C14H17N3O/c1-14(6-8-18-9-14)17-12-5-4-11(15)13-10(12)3-2-7-16-13/h2-5,7,17H,6,8-9,15H2,1H3. The smallest absolute Gasteiger partial charge is 0.0951 e. The van der Waals surface area contributed by atoms with Crippen LogP contribution in [0.25, 0.3) is 10.9 Å². The molecule has 1 atom stereocenters. The molecule has 2 aromatic rings. The molecular weight excluding hydrogens is 226 g/mol. The minimum atomic E-state index is -0.00110. The fourth-order valence-electron chi connectivity index (χ4n) is 2.39. The van der Waals surface area contributed by atoms with Crippen LogP contribution in [-0.4, -0.2) is 23.7 Å². The lowest BCUT2D eigenvalue weighted by Gasteiger charge is -2.26. The summed E-state index contributed by atoms with van der Waals surface area (Å²) in [5.74, 6) is 0. The maximum absolute atomic E-state index is 5.95. The molecule has 18 heavy (non-hydrogen) atoms. The second kappa shape index (κ2) is 4.14. The van der Waals surface area contributed by atoms with Gasteiger partial charge in [0.05, 0.1) is 23.3 Å². The Hall–Kier alpha value is -1.81. The molecule has 94 valence electrons. The number of hydrogen-bond acceptors (Lipinski definition) is 4. The third-order valence-electron chi connectivity index (χ3n) is 3.46. The van der Waals surface area contributed by atoms with Crippen molar-refractivity contribution in [2.45, 2.75) is 18.9 Å². The highest BCUT2D eigenvalue weighted by Gasteiger charge is 2.29. The summed E-state index contributed by atoms with van der Waals surface area (Å²) >= 11 is 0. The van der Waals surface area contributed by atoms with Crippen molar-refractivity contribution in [3.8, 4) is 0 Å². The molecule has 0 radical (unpaired) electrons. The van der Waals surface area contributed by atoms with Crippen molar-refractivity contribution in [1.82, 2.24) is 4.98 Å². The lowest BCUT2D eigenvalue weighted by atomic mass is 10.0. The van der Waals surface area contributed by atoms with E-state index >= 15 is 0 Å². The van der Waals surface area contributed by atoms with E-state index in [0.717, 1.165) is 36.2 Å². The number of anilines is 2. The number of fused-ring (bicyclic) bond motifs is 1. The maximum atomic E-state index is 5.95. The first-order valence-corrected chi connectivity index (χ1v) is 6.17. The van der Waals surface area contributed by atoms with Crippen molar-refractivity contribution >= 4 is 22.3 Å². The zero-order valence-electron chi connectivity index (χ0n) is 10.4. The van der Waals surface area contributed by atoms with E-state index in [1.165, 1.54) is 0 Å². The summed E-state index contributed by atoms with van der Waals surface area (Å²) in [6.45, 7) is 3.73. The molecule has 3 rings (SSSR count). The first kappa shape index (κ1) is 11.3. The summed E-state index contributed by atoms with van der Waals surface area (Å²) in [6, 6.07) is 7.89. The van der Waals surface area contributed by atoms with E-state index in [-0.39, 0.29) is 5.54 Å². The number of pyridine rings is 1. The number of hydrogen-bond donors (Lipinski definition) is 2. The number of nitrogens with two attached hydrogens (primary N) is 1. The van der Waals surface area contributed by atoms with Crippen LogP contribution >= 0.6 is 0 Å². The molecule has 3 N–H and O–H groups in total. The average Bonchev–Trinajstić information content (AvgIpc) is 2.80. The Labute approximate surface area is 106 Å². The number of benzene rings is 1. The Morgan fingerprint density at radius 1 is 1.39 bits per heavy atom. The molecule has 2 heterocycles. The molecule has 1 aliphatic rings. The van der Waals surface area contributed by atoms with Crippen molar-refractivity contribution in [1.29, 1.82) is 0 Å². The van der Waals surface area contributed by atoms with Gasteiger partial charge in [-0.15, -0.1) is 0 Å². The number of ether oxygens (including phenoxy) is 1. The summed E-state index contributed by atoms with van der Waals surface area (Å²) in [5.41, 5.74) is 8.58. The Balaban J connectivity index is 2.04. The number of rotatable bonds is 2. The Bertz CT molecular complexity index is 576. The van der Waals surface area contributed by atoms with E-state index in [4.69, 9.17) is 10.5 Å². The molecule has 0 spiro atoms. The van der Waals surface area contributed by atoms with Crippen molar-refractivity contribution in [2.24, 2.45) is 0 Å². The topological polar surface area (TPSA) is 60.2 Å². The van der Waals surface area contributed by atoms with Gasteiger partial charge in [-0.3, -0.25) is 4.98 Å². The van der Waals surface area contributed by atoms with E-state index in [2.05, 4.69) is 17.2 Å². The molecule has 1 unspecified atom stereocenters. The summed E-state index contributed by atoms with van der Waals surface area (Å²) in [5, 5.41) is 4.63. The highest BCUT2D eigenvalue weighted by molar-refractivity contribution is 5.98. The van der Waals surface area contributed by atoms with Gasteiger partial charge in [0.1, 0.15) is 0 Å². The molecule has 1 aromatic carbocycles. The molecule has 1 saturated heterocycles. The fourth-order valence-corrected chi connectivity index (χ4v) is 2.39. The van der Waals surface area contributed by atoms with Crippen LogP contribution in [0, 0.1) is 0 Å². The van der Waals surface area contributed by atoms with Crippen LogP contribution in [0.15, 0.2) is 30.5 Å². The number of nitrogens with one attached hydrogen (secondary N) is 1. The predicted octanol–water partition coefficient (Wildman–Crippen LogP) is 2.41. The second-order valence-electron chi connectivity index (χ2n) is 5.09. The van der Waals surface area contributed by atoms with Gasteiger partial charge in [0.25, 0.3) is 0 Å². The number of nitrogen functional groups attached to an aromatic ring is 1. The summed E-state index contributed by atoms with van der Waals surface area (Å²) in [4.78, 5) is 4.34. The van der Waals surface area contributed by atoms with Gasteiger partial charge in [-0.2, -0.15) is 0 Å². The average molecular weight is 243 g/mol. The molecule has 4 heteroatoms. The molecule has 4 nitrogen and oxygen atoms in total. The van der Waals surface area contributed by atoms with Crippen molar-refractivity contribution in [3.63, 3.8) is 0 Å². The molecule has 1 aromatic heterocycles. The Kier molecular flexibility index (Phi) is 2.59. The third kappa shape index (κ3) is 1.88. The molecule has 0 saturated carbocycles. The van der Waals surface area contributed by atoms with Crippen LogP contribution in [-0.2, 0) is 4.74 Å². The first-order valence-electron chi connectivity index (χ1n) is 6.17. The quantitative estimate of drug-likeness (QED) is 0.795. The van der Waals surface area contributed by atoms with Crippen LogP contribution in [0.4, 0.5) is 11.4 Å². The Morgan fingerprint density at radius 3 is 3.06 bits per heavy atom. The summed E-state index contributed by atoms with van der Waals surface area (Å²) in [7, 11) is 0. The lowest BCUT2D eigenvalue weighted by molar-refractivity contribution is 0.185. The monoisotopic (exact) mass is 243 g/mol. The molecule has 1 fully saturated rings. The highest BCUT2D eigenvalue weighted by Crippen LogP contribution is 2.31. The molecule has 0 bridgehead atoms. The maximum Gasteiger partial charge on any atom is 0.0951 e. The van der Waals surface area contributed by atoms with Gasteiger partial charge in [0, 0.05) is 23.9 Å². The Morgan fingerprint density at radius 2 is 2.28 bits per heavy atom. The van der Waals surface area contributed by atoms with Crippen LogP contribution in [0.3, 0.4) is 0 Å². The lowest BCUT2D eigenvalue weighted by Crippen LogP contribution is -2.35. The fraction of sp³-hybridized carbons (Fsp3) is 0.357. The van der Waals surface area contributed by atoms with Gasteiger partial charge in [-0.1, -0.05) is 0 Å². The van der Waals surface area contributed by atoms with Crippen LogP contribution in [0.1, 0.15) is 13.3 Å².